The van der Waals surface area contributed by atoms with Crippen molar-refractivity contribution in [2.45, 2.75) is 66.2 Å². The molecule has 4 nitrogen and oxygen atoms in total. The van der Waals surface area contributed by atoms with Crippen molar-refractivity contribution in [1.29, 1.82) is 0 Å². The van der Waals surface area contributed by atoms with Crippen molar-refractivity contribution in [2.75, 3.05) is 0 Å². The Labute approximate surface area is 147 Å². The molecule has 0 bridgehead atoms. The Morgan fingerprint density at radius 2 is 1.13 bits per heavy atom. The standard InChI is InChI=1S/C18H27IO4/c1-12(20)22-19(23-13(2)21)16-10-14(17(3,4)5)9-15(11-16)18(6,7)8/h9-11H,1-8H3. The molecule has 0 unspecified atom stereocenters. The molecule has 0 heterocycles. The predicted molar refractivity (Wildman–Crippen MR) is 100 cm³/mol. The third-order valence-corrected chi connectivity index (χ3v) is 6.85. The Hall–Kier alpha value is -1.11. The van der Waals surface area contributed by atoms with Crippen molar-refractivity contribution in [3.05, 3.63) is 32.9 Å². The fourth-order valence-corrected chi connectivity index (χ4v) is 4.75. The zero-order chi connectivity index (χ0) is 18.0. The molecule has 0 saturated carbocycles. The van der Waals surface area contributed by atoms with Gasteiger partial charge >= 0.3 is 147 Å². The second-order valence-corrected chi connectivity index (χ2v) is 11.0. The molecule has 1 aromatic carbocycles. The van der Waals surface area contributed by atoms with Gasteiger partial charge in [0.15, 0.2) is 0 Å². The molecular weight excluding hydrogens is 407 g/mol. The average Bonchev–Trinajstić information content (AvgIpc) is 2.34. The van der Waals surface area contributed by atoms with E-state index in [4.69, 9.17) is 6.13 Å². The third-order valence-electron chi connectivity index (χ3n) is 3.17. The minimum atomic E-state index is -2.81. The molecule has 1 aromatic rings. The first-order chi connectivity index (χ1) is 10.3. The number of rotatable bonds is 3. The van der Waals surface area contributed by atoms with E-state index in [0.29, 0.717) is 0 Å². The summed E-state index contributed by atoms with van der Waals surface area (Å²) in [5.41, 5.74) is 2.18. The monoisotopic (exact) mass is 434 g/mol. The molecule has 0 saturated heterocycles. The van der Waals surface area contributed by atoms with Gasteiger partial charge in [0.1, 0.15) is 0 Å². The maximum absolute atomic E-state index is 11.4. The van der Waals surface area contributed by atoms with E-state index in [2.05, 4.69) is 47.6 Å². The predicted octanol–water partition coefficient (Wildman–Crippen LogP) is 4.91. The number of hydrogen-bond acceptors (Lipinski definition) is 4. The van der Waals surface area contributed by atoms with E-state index in [0.717, 1.165) is 14.7 Å². The minimum absolute atomic E-state index is 0.0513. The van der Waals surface area contributed by atoms with Crippen molar-refractivity contribution >= 4 is 32.6 Å². The van der Waals surface area contributed by atoms with E-state index in [-0.39, 0.29) is 10.8 Å². The first kappa shape index (κ1) is 19.9. The Bertz CT molecular complexity index is 546. The van der Waals surface area contributed by atoms with E-state index < -0.39 is 32.6 Å². The second kappa shape index (κ2) is 7.20. The van der Waals surface area contributed by atoms with Gasteiger partial charge < -0.3 is 0 Å². The van der Waals surface area contributed by atoms with Gasteiger partial charge in [-0.2, -0.15) is 0 Å². The molecule has 23 heavy (non-hydrogen) atoms. The summed E-state index contributed by atoms with van der Waals surface area (Å²) in [7, 11) is 0. The quantitative estimate of drug-likeness (QED) is 0.635. The van der Waals surface area contributed by atoms with Gasteiger partial charge in [-0.1, -0.05) is 0 Å². The number of benzene rings is 1. The van der Waals surface area contributed by atoms with Crippen LogP contribution in [-0.2, 0) is 26.6 Å². The molecule has 0 aliphatic heterocycles. The van der Waals surface area contributed by atoms with Gasteiger partial charge in [0.25, 0.3) is 0 Å². The molecule has 5 heteroatoms. The third kappa shape index (κ3) is 6.12. The van der Waals surface area contributed by atoms with E-state index in [1.54, 1.807) is 0 Å². The van der Waals surface area contributed by atoms with Crippen LogP contribution in [0.25, 0.3) is 0 Å². The average molecular weight is 434 g/mol. The van der Waals surface area contributed by atoms with Gasteiger partial charge in [-0.25, -0.2) is 0 Å². The van der Waals surface area contributed by atoms with Crippen molar-refractivity contribution in [1.82, 2.24) is 0 Å². The summed E-state index contributed by atoms with van der Waals surface area (Å²) in [4.78, 5) is 22.8. The molecule has 130 valence electrons. The fourth-order valence-electron chi connectivity index (χ4n) is 1.85. The Morgan fingerprint density at radius 1 is 0.783 bits per heavy atom. The van der Waals surface area contributed by atoms with Crippen LogP contribution in [0, 0.1) is 3.57 Å². The van der Waals surface area contributed by atoms with Crippen molar-refractivity contribution in [3.63, 3.8) is 0 Å². The molecule has 0 amide bonds. The first-order valence-corrected chi connectivity index (χ1v) is 10.4. The molecule has 0 aliphatic carbocycles. The van der Waals surface area contributed by atoms with Crippen molar-refractivity contribution in [2.24, 2.45) is 0 Å². The van der Waals surface area contributed by atoms with Crippen LogP contribution in [0.3, 0.4) is 0 Å². The van der Waals surface area contributed by atoms with E-state index in [1.807, 2.05) is 12.1 Å². The zero-order valence-corrected chi connectivity index (χ0v) is 17.4. The van der Waals surface area contributed by atoms with Gasteiger partial charge in [-0.15, -0.1) is 0 Å². The molecule has 0 aromatic heterocycles. The summed E-state index contributed by atoms with van der Waals surface area (Å²) in [6.07, 6.45) is 0. The van der Waals surface area contributed by atoms with Crippen molar-refractivity contribution < 1.29 is 15.7 Å². The van der Waals surface area contributed by atoms with Crippen LogP contribution in [0.15, 0.2) is 18.2 Å². The van der Waals surface area contributed by atoms with E-state index >= 15 is 0 Å². The normalized spacial score (nSPS) is 12.6. The van der Waals surface area contributed by atoms with Crippen LogP contribution in [0.1, 0.15) is 66.5 Å². The Kier molecular flexibility index (Phi) is 6.24. The van der Waals surface area contributed by atoms with Gasteiger partial charge in [0.2, 0.25) is 0 Å². The van der Waals surface area contributed by atoms with E-state index in [1.165, 1.54) is 13.8 Å². The van der Waals surface area contributed by atoms with Gasteiger partial charge in [0.05, 0.1) is 0 Å². The van der Waals surface area contributed by atoms with Crippen molar-refractivity contribution in [3.8, 4) is 0 Å². The SMILES string of the molecule is CC(=O)OI(OC(C)=O)c1cc(C(C)(C)C)cc(C(C)(C)C)c1. The molecule has 0 aliphatic rings. The second-order valence-electron chi connectivity index (χ2n) is 7.58. The van der Waals surface area contributed by atoms with Crippen LogP contribution >= 0.6 is 20.6 Å². The number of hydrogen-bond donors (Lipinski definition) is 0. The number of carbonyl (C=O) groups excluding carboxylic acids is 2. The topological polar surface area (TPSA) is 52.6 Å². The molecule has 0 atom stereocenters. The van der Waals surface area contributed by atoms with Crippen LogP contribution in [0.4, 0.5) is 0 Å². The summed E-state index contributed by atoms with van der Waals surface area (Å²) < 4.78 is 11.5. The van der Waals surface area contributed by atoms with Crippen LogP contribution < -0.4 is 0 Å². The summed E-state index contributed by atoms with van der Waals surface area (Å²) in [6.45, 7) is 15.5. The number of carbonyl (C=O) groups is 2. The Balaban J connectivity index is 3.46. The van der Waals surface area contributed by atoms with Crippen LogP contribution in [0.5, 0.6) is 0 Å². The maximum atomic E-state index is 11.4. The molecule has 1 rings (SSSR count). The number of halogens is 1. The van der Waals surface area contributed by atoms with Gasteiger partial charge in [0, 0.05) is 0 Å². The molecule has 0 N–H and O–H groups in total. The molecule has 0 radical (unpaired) electrons. The van der Waals surface area contributed by atoms with Gasteiger partial charge in [-0.05, 0) is 0 Å². The Morgan fingerprint density at radius 3 is 1.39 bits per heavy atom. The van der Waals surface area contributed by atoms with E-state index in [9.17, 15) is 9.59 Å². The summed E-state index contributed by atoms with van der Waals surface area (Å²) >= 11 is -2.81. The molecular formula is C18H27IO4. The molecule has 0 fully saturated rings. The summed E-state index contributed by atoms with van der Waals surface area (Å²) in [6, 6.07) is 6.19. The zero-order valence-electron chi connectivity index (χ0n) is 15.2. The van der Waals surface area contributed by atoms with Gasteiger partial charge in [-0.3, -0.25) is 0 Å². The van der Waals surface area contributed by atoms with Crippen LogP contribution in [-0.4, -0.2) is 11.9 Å². The molecule has 0 spiro atoms. The fraction of sp³-hybridized carbons (Fsp3) is 0.556. The first-order valence-electron chi connectivity index (χ1n) is 7.55. The summed E-state index contributed by atoms with van der Waals surface area (Å²) in [5.74, 6) is -0.843. The van der Waals surface area contributed by atoms with Crippen LogP contribution in [0.2, 0.25) is 0 Å². The summed E-state index contributed by atoms with van der Waals surface area (Å²) in [5, 5.41) is 0.